The molecule has 0 atom stereocenters. The van der Waals surface area contributed by atoms with Crippen LogP contribution in [0.15, 0.2) is 72.8 Å². The molecule has 0 aliphatic carbocycles. The van der Waals surface area contributed by atoms with Crippen LogP contribution in [-0.2, 0) is 60.7 Å². The van der Waals surface area contributed by atoms with Crippen LogP contribution in [-0.4, -0.2) is 329 Å². The summed E-state index contributed by atoms with van der Waals surface area (Å²) in [5, 5.41) is 0. The van der Waals surface area contributed by atoms with Crippen molar-refractivity contribution in [1.82, 2.24) is 0 Å². The standard InChI is InChI=1S/C37H55N3O18S6.6Na/c41-59(42,43)25-1-19-38(20-2-26-60(44,45)46)34-13-7-31(8-14-34)37(32-9-15-35(16-10-32)39(21-3-27-61(47,48)49)22-4-28-62(50,51)52)33-11-17-36(18-12-33)40(23-5-29-63(53,54)55)24-6-30-64(56,57)58;;;;;;/h7-18,37H,1-6,19-30H2,(H,41,42,43)(H,44,45,46)(H,47,48,49)(H,50,51,52)(H,53,54,55)(H,56,57,58);;;;;;. The maximum absolute atomic E-state index is 11.4. The number of hydrogen-bond donors (Lipinski definition) is 6. The normalized spacial score (nSPS) is 11.9. The van der Waals surface area contributed by atoms with Crippen LogP contribution in [0.4, 0.5) is 17.1 Å². The Morgan fingerprint density at radius 2 is 0.429 bits per heavy atom. The molecule has 0 aliphatic rings. The Bertz CT molecular complexity index is 2250. The zero-order chi connectivity index (χ0) is 48.0. The van der Waals surface area contributed by atoms with E-state index in [1.54, 1.807) is 87.5 Å². The van der Waals surface area contributed by atoms with Gasteiger partial charge in [-0.2, -0.15) is 50.5 Å². The van der Waals surface area contributed by atoms with Crippen LogP contribution in [0.3, 0.4) is 0 Å². The molecule has 0 bridgehead atoms. The molecule has 21 nitrogen and oxygen atoms in total. The molecule has 0 heterocycles. The predicted octanol–water partition coefficient (Wildman–Crippen LogP) is 0.669. The second-order valence-corrected chi connectivity index (χ2v) is 24.4. The van der Waals surface area contributed by atoms with Gasteiger partial charge in [0.2, 0.25) is 0 Å². The summed E-state index contributed by atoms with van der Waals surface area (Å²) in [6, 6.07) is 21.1. The van der Waals surface area contributed by atoms with E-state index in [1.165, 1.54) is 0 Å². The molecule has 3 rings (SSSR count). The van der Waals surface area contributed by atoms with Gasteiger partial charge in [-0.25, -0.2) is 0 Å². The first-order chi connectivity index (χ1) is 29.5. The second kappa shape index (κ2) is 36.6. The van der Waals surface area contributed by atoms with E-state index in [0.717, 1.165) is 16.7 Å². The Labute approximate surface area is 546 Å². The average Bonchev–Trinajstić information content (AvgIpc) is 3.14. The summed E-state index contributed by atoms with van der Waals surface area (Å²) in [7, 11) is -25.7. The monoisotopic (exact) mass is 1160 g/mol. The van der Waals surface area contributed by atoms with E-state index in [4.69, 9.17) is 0 Å². The van der Waals surface area contributed by atoms with Crippen LogP contribution in [0.5, 0.6) is 0 Å². The summed E-state index contributed by atoms with van der Waals surface area (Å²) in [6.45, 7) is 0.624. The first-order valence-corrected chi connectivity index (χ1v) is 29.4. The molecule has 368 valence electrons. The van der Waals surface area contributed by atoms with E-state index in [0.29, 0.717) is 17.1 Å². The predicted molar refractivity (Wildman–Crippen MR) is 278 cm³/mol. The molecular weight excluding hydrogens is 1100 g/mol. The van der Waals surface area contributed by atoms with E-state index in [-0.39, 0.29) is 255 Å². The molecular formula is C37H55N3Na6O18S6. The summed E-state index contributed by atoms with van der Waals surface area (Å²) >= 11 is 0. The van der Waals surface area contributed by atoms with Gasteiger partial charge in [0.15, 0.2) is 0 Å². The molecule has 3 aromatic rings. The van der Waals surface area contributed by atoms with E-state index >= 15 is 0 Å². The third kappa shape index (κ3) is 35.1. The van der Waals surface area contributed by atoms with Crippen LogP contribution >= 0.6 is 0 Å². The molecule has 0 fully saturated rings. The molecule has 6 N–H and O–H groups in total. The molecule has 0 aromatic heterocycles. The van der Waals surface area contributed by atoms with Gasteiger partial charge in [-0.3, -0.25) is 27.3 Å². The van der Waals surface area contributed by atoms with Crippen LogP contribution in [0, 0.1) is 0 Å². The van der Waals surface area contributed by atoms with Crippen LogP contribution in [0.1, 0.15) is 61.1 Å². The van der Waals surface area contributed by atoms with Crippen molar-refractivity contribution in [3.63, 3.8) is 0 Å². The molecule has 0 unspecified atom stereocenters. The largest absolute Gasteiger partial charge is 0.371 e. The first kappa shape index (κ1) is 79.0. The van der Waals surface area contributed by atoms with E-state index < -0.39 is 101 Å². The summed E-state index contributed by atoms with van der Waals surface area (Å²) in [6.07, 6.45) is -0.00555. The Morgan fingerprint density at radius 3 is 0.557 bits per heavy atom. The van der Waals surface area contributed by atoms with Crippen LogP contribution < -0.4 is 14.7 Å². The van der Waals surface area contributed by atoms with Crippen molar-refractivity contribution in [2.45, 2.75) is 44.4 Å². The maximum Gasteiger partial charge on any atom is 0.264 e. The summed E-state index contributed by atoms with van der Waals surface area (Å²) in [5.41, 5.74) is 3.85. The van der Waals surface area contributed by atoms with Crippen molar-refractivity contribution < 1.29 is 77.8 Å². The fraction of sp³-hybridized carbons (Fsp3) is 0.514. The number of anilines is 3. The Morgan fingerprint density at radius 1 is 0.286 bits per heavy atom. The van der Waals surface area contributed by atoms with Gasteiger partial charge in [-0.05, 0) is 91.6 Å². The third-order valence-electron chi connectivity index (χ3n) is 9.76. The second-order valence-electron chi connectivity index (χ2n) is 15.0. The summed E-state index contributed by atoms with van der Waals surface area (Å²) in [4.78, 5) is 5.11. The molecule has 0 spiro atoms. The SMILES string of the molecule is O=S(=O)(O)CCCN(CCCS(=O)(=O)O)c1ccc(C(c2ccc(N(CCCS(=O)(=O)O)CCCS(=O)(=O)O)cc2)c2ccc(N(CCCS(=O)(=O)O)CCCS(=O)(=O)O)cc2)cc1.[Na].[Na].[Na].[Na].[Na].[Na]. The Kier molecular flexibility index (Phi) is 41.4. The van der Waals surface area contributed by atoms with Crippen molar-refractivity contribution in [3.8, 4) is 0 Å². The van der Waals surface area contributed by atoms with Crippen LogP contribution in [0.2, 0.25) is 0 Å². The van der Waals surface area contributed by atoms with Gasteiger partial charge in [-0.1, -0.05) is 36.4 Å². The Balaban J connectivity index is -0.00000363. The maximum atomic E-state index is 11.4. The fourth-order valence-corrected chi connectivity index (χ4v) is 9.91. The minimum Gasteiger partial charge on any atom is -0.371 e. The Hall–Kier alpha value is 2.52. The summed E-state index contributed by atoms with van der Waals surface area (Å²) < 4.78 is 193. The van der Waals surface area contributed by atoms with Crippen molar-refractivity contribution in [1.29, 1.82) is 0 Å². The van der Waals surface area contributed by atoms with Gasteiger partial charge in [0, 0.05) is 240 Å². The van der Waals surface area contributed by atoms with Crippen molar-refractivity contribution >= 4 is 255 Å². The summed E-state index contributed by atoms with van der Waals surface area (Å²) in [5.74, 6) is -3.83. The zero-order valence-electron chi connectivity index (χ0n) is 40.6. The van der Waals surface area contributed by atoms with Gasteiger partial charge < -0.3 is 14.7 Å². The van der Waals surface area contributed by atoms with Gasteiger partial charge >= 0.3 is 0 Å². The fourth-order valence-electron chi connectivity index (χ4n) is 6.95. The zero-order valence-corrected chi connectivity index (χ0v) is 57.5. The number of benzene rings is 3. The molecule has 3 aromatic carbocycles. The molecule has 0 aliphatic heterocycles. The molecule has 0 amide bonds. The quantitative estimate of drug-likeness (QED) is 0.0303. The van der Waals surface area contributed by atoms with Gasteiger partial charge in [0.05, 0.1) is 34.5 Å². The molecule has 0 saturated carbocycles. The van der Waals surface area contributed by atoms with Crippen molar-refractivity contribution in [3.05, 3.63) is 89.5 Å². The van der Waals surface area contributed by atoms with Crippen molar-refractivity contribution in [2.24, 2.45) is 0 Å². The first-order valence-electron chi connectivity index (χ1n) is 19.7. The van der Waals surface area contributed by atoms with Gasteiger partial charge in [0.25, 0.3) is 60.7 Å². The molecule has 33 heteroatoms. The number of rotatable bonds is 30. The van der Waals surface area contributed by atoms with E-state index in [2.05, 4.69) is 0 Å². The minimum atomic E-state index is -4.29. The smallest absolute Gasteiger partial charge is 0.264 e. The van der Waals surface area contributed by atoms with Gasteiger partial charge in [-0.15, -0.1) is 0 Å². The third-order valence-corrected chi connectivity index (χ3v) is 14.6. The molecule has 6 radical (unpaired) electrons. The van der Waals surface area contributed by atoms with E-state index in [1.807, 2.05) is 0 Å². The average molecular weight is 1160 g/mol. The molecule has 0 saturated heterocycles. The van der Waals surface area contributed by atoms with Gasteiger partial charge in [0.1, 0.15) is 0 Å². The number of hydrogen-bond acceptors (Lipinski definition) is 15. The van der Waals surface area contributed by atoms with Crippen LogP contribution in [0.25, 0.3) is 0 Å². The topological polar surface area (TPSA) is 336 Å². The molecule has 70 heavy (non-hydrogen) atoms. The van der Waals surface area contributed by atoms with Crippen molar-refractivity contribution in [2.75, 3.05) is 88.5 Å². The minimum absolute atomic E-state index is 0. The number of nitrogens with zero attached hydrogens (tertiary/aromatic N) is 3. The van der Waals surface area contributed by atoms with E-state index in [9.17, 15) is 77.8 Å².